The van der Waals surface area contributed by atoms with E-state index in [4.69, 9.17) is 0 Å². The van der Waals surface area contributed by atoms with Crippen molar-refractivity contribution < 1.29 is 14.4 Å². The van der Waals surface area contributed by atoms with Crippen LogP contribution in [0.1, 0.15) is 24.6 Å². The first-order chi connectivity index (χ1) is 11.1. The molecule has 2 N–H and O–H groups in total. The number of likely N-dealkylation sites (tertiary alicyclic amines) is 1. The molecule has 0 aliphatic carbocycles. The largest absolute Gasteiger partial charge is 0.372 e. The molecule has 122 valence electrons. The maximum Gasteiger partial charge on any atom is 0.325 e. The molecule has 3 heterocycles. The van der Waals surface area contributed by atoms with E-state index in [2.05, 4.69) is 20.6 Å². The van der Waals surface area contributed by atoms with Crippen LogP contribution in [-0.4, -0.2) is 64.3 Å². The number of carbonyl (C=O) groups excluding carboxylic acids is 3. The number of nitrogens with zero attached hydrogens (tertiary/aromatic N) is 4. The van der Waals surface area contributed by atoms with Gasteiger partial charge in [0.05, 0.1) is 30.7 Å². The Hall–Kier alpha value is -2.71. The molecule has 1 aromatic rings. The first-order valence-corrected chi connectivity index (χ1v) is 7.47. The van der Waals surface area contributed by atoms with Crippen LogP contribution < -0.4 is 10.6 Å². The van der Waals surface area contributed by atoms with Gasteiger partial charge in [0.1, 0.15) is 12.4 Å². The van der Waals surface area contributed by atoms with Gasteiger partial charge in [0.25, 0.3) is 5.91 Å². The third-order valence-electron chi connectivity index (χ3n) is 4.05. The van der Waals surface area contributed by atoms with Gasteiger partial charge in [-0.15, -0.1) is 0 Å². The topological polar surface area (TPSA) is 108 Å². The SMILES string of the molecule is CNc1cncc([C@H]2CCCN2C(=O)CN2C(=O)CNC2=O)n1. The molecule has 2 fully saturated rings. The van der Waals surface area contributed by atoms with E-state index < -0.39 is 6.03 Å². The van der Waals surface area contributed by atoms with Gasteiger partial charge in [-0.05, 0) is 12.8 Å². The number of nitrogens with one attached hydrogen (secondary N) is 2. The van der Waals surface area contributed by atoms with Gasteiger partial charge in [-0.25, -0.2) is 9.78 Å². The average Bonchev–Trinajstić information content (AvgIpc) is 3.17. The number of carbonyl (C=O) groups is 3. The molecular formula is C14H18N6O3. The Balaban J connectivity index is 1.74. The zero-order valence-electron chi connectivity index (χ0n) is 12.8. The number of imide groups is 1. The smallest absolute Gasteiger partial charge is 0.325 e. The molecule has 9 nitrogen and oxygen atoms in total. The molecule has 2 saturated heterocycles. The standard InChI is InChI=1S/C14H18N6O3/c1-15-11-6-16-5-9(18-11)10-3-2-4-19(10)13(22)8-20-12(21)7-17-14(20)23/h5-6,10H,2-4,7-8H2,1H3,(H,15,18)(H,17,23)/t10-/m1/s1. The minimum absolute atomic E-state index is 0.0504. The van der Waals surface area contributed by atoms with Crippen molar-refractivity contribution in [2.75, 3.05) is 32.0 Å². The summed E-state index contributed by atoms with van der Waals surface area (Å²) in [5.41, 5.74) is 0.708. The molecule has 2 aliphatic heterocycles. The summed E-state index contributed by atoms with van der Waals surface area (Å²) in [6, 6.07) is -0.694. The van der Waals surface area contributed by atoms with Crippen LogP contribution in [0.15, 0.2) is 12.4 Å². The zero-order chi connectivity index (χ0) is 16.4. The van der Waals surface area contributed by atoms with Crippen molar-refractivity contribution in [3.8, 4) is 0 Å². The van der Waals surface area contributed by atoms with Crippen LogP contribution in [-0.2, 0) is 9.59 Å². The van der Waals surface area contributed by atoms with E-state index in [1.165, 1.54) is 0 Å². The van der Waals surface area contributed by atoms with E-state index in [9.17, 15) is 14.4 Å². The van der Waals surface area contributed by atoms with Crippen molar-refractivity contribution >= 4 is 23.7 Å². The Labute approximate surface area is 133 Å². The van der Waals surface area contributed by atoms with Gasteiger partial charge in [0, 0.05) is 13.6 Å². The maximum atomic E-state index is 12.5. The van der Waals surface area contributed by atoms with Crippen molar-refractivity contribution in [3.63, 3.8) is 0 Å². The molecule has 0 saturated carbocycles. The van der Waals surface area contributed by atoms with E-state index >= 15 is 0 Å². The van der Waals surface area contributed by atoms with E-state index in [-0.39, 0.29) is 30.9 Å². The van der Waals surface area contributed by atoms with Crippen LogP contribution in [0, 0.1) is 0 Å². The summed E-state index contributed by atoms with van der Waals surface area (Å²) < 4.78 is 0. The Morgan fingerprint density at radius 2 is 2.26 bits per heavy atom. The highest BCUT2D eigenvalue weighted by Crippen LogP contribution is 2.31. The monoisotopic (exact) mass is 318 g/mol. The highest BCUT2D eigenvalue weighted by molar-refractivity contribution is 6.04. The van der Waals surface area contributed by atoms with Crippen LogP contribution >= 0.6 is 0 Å². The summed E-state index contributed by atoms with van der Waals surface area (Å²) in [6.07, 6.45) is 4.89. The minimum atomic E-state index is -0.518. The van der Waals surface area contributed by atoms with Crippen molar-refractivity contribution in [3.05, 3.63) is 18.1 Å². The van der Waals surface area contributed by atoms with Crippen LogP contribution in [0.4, 0.5) is 10.6 Å². The quantitative estimate of drug-likeness (QED) is 0.740. The Kier molecular flexibility index (Phi) is 4.09. The number of hydrogen-bond acceptors (Lipinski definition) is 6. The molecule has 1 aromatic heterocycles. The van der Waals surface area contributed by atoms with E-state index in [1.54, 1.807) is 24.3 Å². The van der Waals surface area contributed by atoms with Crippen LogP contribution in [0.2, 0.25) is 0 Å². The number of aromatic nitrogens is 2. The minimum Gasteiger partial charge on any atom is -0.372 e. The lowest BCUT2D eigenvalue weighted by Crippen LogP contribution is -2.43. The van der Waals surface area contributed by atoms with Crippen molar-refractivity contribution in [2.45, 2.75) is 18.9 Å². The molecular weight excluding hydrogens is 300 g/mol. The molecule has 0 aromatic carbocycles. The maximum absolute atomic E-state index is 12.5. The first kappa shape index (κ1) is 15.2. The fourth-order valence-electron chi connectivity index (χ4n) is 2.88. The molecule has 23 heavy (non-hydrogen) atoms. The summed E-state index contributed by atoms with van der Waals surface area (Å²) in [5.74, 6) is 0.00141. The Morgan fingerprint density at radius 3 is 2.96 bits per heavy atom. The summed E-state index contributed by atoms with van der Waals surface area (Å²) in [4.78, 5) is 46.9. The molecule has 4 amide bonds. The number of amides is 4. The van der Waals surface area contributed by atoms with Gasteiger partial charge >= 0.3 is 6.03 Å². The Bertz CT molecular complexity index is 633. The lowest BCUT2D eigenvalue weighted by Gasteiger charge is -2.25. The molecule has 0 unspecified atom stereocenters. The summed E-state index contributed by atoms with van der Waals surface area (Å²) >= 11 is 0. The second kappa shape index (κ2) is 6.19. The van der Waals surface area contributed by atoms with Gasteiger partial charge in [0.15, 0.2) is 0 Å². The first-order valence-electron chi connectivity index (χ1n) is 7.47. The van der Waals surface area contributed by atoms with Crippen molar-refractivity contribution in [1.29, 1.82) is 0 Å². The third-order valence-corrected chi connectivity index (χ3v) is 4.05. The third kappa shape index (κ3) is 2.94. The van der Waals surface area contributed by atoms with E-state index in [0.717, 1.165) is 17.7 Å². The molecule has 0 bridgehead atoms. The highest BCUT2D eigenvalue weighted by Gasteiger charge is 2.36. The van der Waals surface area contributed by atoms with Gasteiger partial charge in [-0.2, -0.15) is 0 Å². The van der Waals surface area contributed by atoms with Gasteiger partial charge in [0.2, 0.25) is 5.91 Å². The van der Waals surface area contributed by atoms with E-state index in [0.29, 0.717) is 18.1 Å². The molecule has 0 radical (unpaired) electrons. The highest BCUT2D eigenvalue weighted by atomic mass is 16.2. The molecule has 1 atom stereocenters. The van der Waals surface area contributed by atoms with Gasteiger partial charge in [-0.1, -0.05) is 0 Å². The Morgan fingerprint density at radius 1 is 1.43 bits per heavy atom. The molecule has 3 rings (SSSR count). The van der Waals surface area contributed by atoms with Crippen molar-refractivity contribution in [2.24, 2.45) is 0 Å². The number of rotatable bonds is 4. The van der Waals surface area contributed by atoms with Crippen LogP contribution in [0.5, 0.6) is 0 Å². The summed E-state index contributed by atoms with van der Waals surface area (Å²) in [6.45, 7) is 0.296. The normalized spacial score (nSPS) is 20.8. The number of anilines is 1. The fraction of sp³-hybridized carbons (Fsp3) is 0.500. The molecule has 0 spiro atoms. The van der Waals surface area contributed by atoms with Gasteiger partial charge in [-0.3, -0.25) is 19.5 Å². The predicted octanol–water partition coefficient (Wildman–Crippen LogP) is -0.266. The fourth-order valence-corrected chi connectivity index (χ4v) is 2.88. The predicted molar refractivity (Wildman–Crippen MR) is 80.4 cm³/mol. The van der Waals surface area contributed by atoms with Crippen molar-refractivity contribution in [1.82, 2.24) is 25.1 Å². The number of hydrogen-bond donors (Lipinski definition) is 2. The average molecular weight is 318 g/mol. The van der Waals surface area contributed by atoms with E-state index in [1.807, 2.05) is 0 Å². The molecule has 2 aliphatic rings. The van der Waals surface area contributed by atoms with Crippen LogP contribution in [0.25, 0.3) is 0 Å². The molecule has 9 heteroatoms. The summed E-state index contributed by atoms with van der Waals surface area (Å²) in [7, 11) is 1.75. The lowest BCUT2D eigenvalue weighted by molar-refractivity contribution is -0.137. The summed E-state index contributed by atoms with van der Waals surface area (Å²) in [5, 5.41) is 5.33. The van der Waals surface area contributed by atoms with Crippen LogP contribution in [0.3, 0.4) is 0 Å². The van der Waals surface area contributed by atoms with Gasteiger partial charge < -0.3 is 15.5 Å². The number of urea groups is 1. The second-order valence-electron chi connectivity index (χ2n) is 5.46. The lowest BCUT2D eigenvalue weighted by atomic mass is 10.1. The zero-order valence-corrected chi connectivity index (χ0v) is 12.8. The second-order valence-corrected chi connectivity index (χ2v) is 5.46.